The fraction of sp³-hybridized carbons (Fsp3) is 0.500. The largest absolute Gasteiger partial charge is 0.449 e. The van der Waals surface area contributed by atoms with E-state index < -0.39 is 21.7 Å². The Hall–Kier alpha value is -4.19. The molecule has 0 atom stereocenters. The van der Waals surface area contributed by atoms with Gasteiger partial charge in [-0.25, -0.2) is 17.9 Å². The van der Waals surface area contributed by atoms with E-state index in [9.17, 15) is 18.0 Å². The molecule has 11 nitrogen and oxygen atoms in total. The summed E-state index contributed by atoms with van der Waals surface area (Å²) in [6.45, 7) is 10.3. The maximum Gasteiger partial charge on any atom is 0.409 e. The number of sulfonamides is 1. The van der Waals surface area contributed by atoms with Crippen LogP contribution in [0.2, 0.25) is 0 Å². The lowest BCUT2D eigenvalue weighted by molar-refractivity contribution is -0.131. The molecule has 12 heteroatoms. The number of carbonyl (C=O) groups excluding carboxylic acids is 2. The number of nitrogens with zero attached hydrogens (tertiary/aromatic N) is 4. The number of hydrogen-bond acceptors (Lipinski definition) is 8. The molecule has 0 saturated heterocycles. The van der Waals surface area contributed by atoms with Gasteiger partial charge in [0.1, 0.15) is 11.4 Å². The average Bonchev–Trinajstić information content (AvgIpc) is 3.73. The Morgan fingerprint density at radius 1 is 1.12 bits per heavy atom. The molecule has 1 aliphatic heterocycles. The van der Waals surface area contributed by atoms with Gasteiger partial charge in [0.2, 0.25) is 5.88 Å². The number of aromatic nitrogens is 1. The number of aryl methyl sites for hydroxylation is 1. The molecule has 1 spiro atoms. The van der Waals surface area contributed by atoms with E-state index in [0.29, 0.717) is 34.5 Å². The number of rotatable bonds is 13. The van der Waals surface area contributed by atoms with E-state index in [-0.39, 0.29) is 35.8 Å². The number of unbranched alkanes of at least 4 members (excludes halogenated alkanes) is 1. The summed E-state index contributed by atoms with van der Waals surface area (Å²) in [6, 6.07) is 12.4. The zero-order valence-corrected chi connectivity index (χ0v) is 29.7. The summed E-state index contributed by atoms with van der Waals surface area (Å²) >= 11 is 0. The fourth-order valence-corrected chi connectivity index (χ4v) is 7.57. The zero-order chi connectivity index (χ0) is 34.6. The Balaban J connectivity index is 1.53. The molecule has 0 radical (unpaired) electrons. The average molecular weight is 678 g/mol. The predicted octanol–water partition coefficient (Wildman–Crippen LogP) is 7.23. The standard InChI is InChI=1S/C36H47N5O6S/c1-7-8-15-32-37-36(18-11-12-19-36)34(42)41(32)21-27-16-17-29(28(20-27)22-40(6)35(43)46-23-24(2)3)30-13-9-10-14-31(30)48(44,45)39-33-25(4)26(5)38-47-33/h9-10,13-14,16-17,20,24,39H,7-8,11-12,15,18-19,21-23H2,1-6H3. The molecule has 2 amide bonds. The Kier molecular flexibility index (Phi) is 10.6. The Bertz CT molecular complexity index is 1790. The normalized spacial score (nSPS) is 15.8. The van der Waals surface area contributed by atoms with Crippen LogP contribution in [0.3, 0.4) is 0 Å². The van der Waals surface area contributed by atoms with E-state index in [2.05, 4.69) is 16.8 Å². The van der Waals surface area contributed by atoms with E-state index >= 15 is 0 Å². The van der Waals surface area contributed by atoms with Crippen LogP contribution in [0, 0.1) is 19.8 Å². The summed E-state index contributed by atoms with van der Waals surface area (Å²) in [4.78, 5) is 35.2. The van der Waals surface area contributed by atoms with Gasteiger partial charge in [0.05, 0.1) is 23.7 Å². The van der Waals surface area contributed by atoms with Gasteiger partial charge < -0.3 is 14.2 Å². The number of amides is 2. The molecule has 5 rings (SSSR count). The van der Waals surface area contributed by atoms with Gasteiger partial charge in [0.15, 0.2) is 0 Å². The first-order valence-corrected chi connectivity index (χ1v) is 18.3. The summed E-state index contributed by atoms with van der Waals surface area (Å²) in [7, 11) is -2.45. The smallest absolute Gasteiger partial charge is 0.409 e. The number of carbonyl (C=O) groups is 2. The second-order valence-electron chi connectivity index (χ2n) is 13.4. The van der Waals surface area contributed by atoms with Crippen molar-refractivity contribution in [3.8, 4) is 11.1 Å². The minimum Gasteiger partial charge on any atom is -0.449 e. The van der Waals surface area contributed by atoms with Crippen LogP contribution < -0.4 is 4.72 Å². The number of anilines is 1. The van der Waals surface area contributed by atoms with E-state index in [1.165, 1.54) is 11.0 Å². The maximum atomic E-state index is 13.9. The molecule has 48 heavy (non-hydrogen) atoms. The lowest BCUT2D eigenvalue weighted by Gasteiger charge is -2.24. The highest BCUT2D eigenvalue weighted by Crippen LogP contribution is 2.40. The van der Waals surface area contributed by atoms with E-state index in [1.54, 1.807) is 39.1 Å². The molecule has 0 unspecified atom stereocenters. The van der Waals surface area contributed by atoms with Gasteiger partial charge in [0.25, 0.3) is 15.9 Å². The molecule has 1 N–H and O–H groups in total. The minimum atomic E-state index is -4.10. The van der Waals surface area contributed by atoms with Crippen LogP contribution in [0.25, 0.3) is 11.1 Å². The molecule has 1 saturated carbocycles. The number of hydrogen-bond donors (Lipinski definition) is 1. The summed E-state index contributed by atoms with van der Waals surface area (Å²) < 4.78 is 40.9. The van der Waals surface area contributed by atoms with E-state index in [4.69, 9.17) is 14.3 Å². The van der Waals surface area contributed by atoms with Crippen LogP contribution in [0.5, 0.6) is 0 Å². The van der Waals surface area contributed by atoms with Crippen LogP contribution in [0.1, 0.15) is 88.1 Å². The second-order valence-corrected chi connectivity index (χ2v) is 15.1. The van der Waals surface area contributed by atoms with Crippen molar-refractivity contribution >= 4 is 33.7 Å². The van der Waals surface area contributed by atoms with Gasteiger partial charge in [-0.2, -0.15) is 0 Å². The highest BCUT2D eigenvalue weighted by atomic mass is 32.2. The van der Waals surface area contributed by atoms with Crippen molar-refractivity contribution < 1.29 is 27.3 Å². The Morgan fingerprint density at radius 3 is 2.52 bits per heavy atom. The van der Waals surface area contributed by atoms with Gasteiger partial charge in [-0.3, -0.25) is 14.7 Å². The third-order valence-electron chi connectivity index (χ3n) is 9.10. The molecule has 0 bridgehead atoms. The topological polar surface area (TPSA) is 134 Å². The third kappa shape index (κ3) is 7.43. The van der Waals surface area contributed by atoms with Crippen molar-refractivity contribution in [3.05, 3.63) is 64.8 Å². The quantitative estimate of drug-likeness (QED) is 0.202. The Morgan fingerprint density at radius 2 is 1.85 bits per heavy atom. The second kappa shape index (κ2) is 14.5. The molecular formula is C36H47N5O6S. The van der Waals surface area contributed by atoms with Gasteiger partial charge in [0, 0.05) is 31.1 Å². The number of ether oxygens (including phenoxy) is 1. The monoisotopic (exact) mass is 677 g/mol. The van der Waals surface area contributed by atoms with Crippen molar-refractivity contribution in [1.29, 1.82) is 0 Å². The number of aliphatic imine (C=N–C) groups is 1. The number of nitrogens with one attached hydrogen (secondary N) is 1. The van der Waals surface area contributed by atoms with Gasteiger partial charge >= 0.3 is 6.09 Å². The molecule has 258 valence electrons. The van der Waals surface area contributed by atoms with Gasteiger partial charge in [-0.15, -0.1) is 0 Å². The van der Waals surface area contributed by atoms with Crippen LogP contribution >= 0.6 is 0 Å². The van der Waals surface area contributed by atoms with Crippen molar-refractivity contribution in [3.63, 3.8) is 0 Å². The Labute approximate surface area is 283 Å². The molecule has 1 aliphatic carbocycles. The van der Waals surface area contributed by atoms with E-state index in [0.717, 1.165) is 56.3 Å². The van der Waals surface area contributed by atoms with Crippen molar-refractivity contribution in [2.45, 2.75) is 103 Å². The lowest BCUT2D eigenvalue weighted by Crippen LogP contribution is -2.40. The van der Waals surface area contributed by atoms with Gasteiger partial charge in [-0.1, -0.05) is 81.6 Å². The molecule has 2 aromatic carbocycles. The molecule has 2 heterocycles. The molecule has 1 fully saturated rings. The number of benzene rings is 2. The summed E-state index contributed by atoms with van der Waals surface area (Å²) in [5.74, 6) is 1.13. The van der Waals surface area contributed by atoms with Crippen LogP contribution in [0.4, 0.5) is 10.7 Å². The van der Waals surface area contributed by atoms with Crippen molar-refractivity contribution in [2.24, 2.45) is 10.9 Å². The van der Waals surface area contributed by atoms with Crippen molar-refractivity contribution in [1.82, 2.24) is 15.0 Å². The van der Waals surface area contributed by atoms with Crippen LogP contribution in [0.15, 0.2) is 56.9 Å². The van der Waals surface area contributed by atoms with Gasteiger partial charge in [-0.05, 0) is 61.8 Å². The first-order chi connectivity index (χ1) is 22.8. The van der Waals surface area contributed by atoms with Crippen LogP contribution in [-0.2, 0) is 32.6 Å². The summed E-state index contributed by atoms with van der Waals surface area (Å²) in [6.07, 6.45) is 5.74. The fourth-order valence-electron chi connectivity index (χ4n) is 6.30. The maximum absolute atomic E-state index is 13.9. The number of amidine groups is 1. The SMILES string of the molecule is CCCCC1=NC2(CCCC2)C(=O)N1Cc1ccc(-c2ccccc2S(=O)(=O)Nc2onc(C)c2C)c(CN(C)C(=O)OCC(C)C)c1. The summed E-state index contributed by atoms with van der Waals surface area (Å²) in [5, 5.41) is 3.88. The molecule has 1 aromatic heterocycles. The highest BCUT2D eigenvalue weighted by Gasteiger charge is 2.49. The zero-order valence-electron chi connectivity index (χ0n) is 28.8. The lowest BCUT2D eigenvalue weighted by atomic mass is 9.96. The first kappa shape index (κ1) is 35.1. The summed E-state index contributed by atoms with van der Waals surface area (Å²) in [5.41, 5.74) is 3.19. The van der Waals surface area contributed by atoms with E-state index in [1.807, 2.05) is 36.9 Å². The van der Waals surface area contributed by atoms with Crippen LogP contribution in [-0.4, -0.2) is 60.4 Å². The molecule has 3 aromatic rings. The predicted molar refractivity (Wildman–Crippen MR) is 185 cm³/mol. The third-order valence-corrected chi connectivity index (χ3v) is 10.5. The minimum absolute atomic E-state index is 0.0457. The molecular weight excluding hydrogens is 630 g/mol. The van der Waals surface area contributed by atoms with Crippen molar-refractivity contribution in [2.75, 3.05) is 18.4 Å². The highest BCUT2D eigenvalue weighted by molar-refractivity contribution is 7.92. The first-order valence-electron chi connectivity index (χ1n) is 16.8. The molecule has 2 aliphatic rings.